The number of nitrogens with two attached hydrogens (primary N) is 1. The highest BCUT2D eigenvalue weighted by molar-refractivity contribution is 6.02. The van der Waals surface area contributed by atoms with Crippen molar-refractivity contribution in [3.05, 3.63) is 23.8 Å². The summed E-state index contributed by atoms with van der Waals surface area (Å²) in [6, 6.07) is 4.97. The Labute approximate surface area is 163 Å². The first-order chi connectivity index (χ1) is 13.1. The number of rotatable bonds is 6. The Kier molecular flexibility index (Phi) is 7.31. The molecular weight excluding hydrogens is 370 g/mol. The SMILES string of the molecule is CC(=O)N1c2ccc(C(CN)CNC(F)F)cc2N(C(=O)OC(C)C)C[C@@H]1C. The van der Waals surface area contributed by atoms with Gasteiger partial charge in [-0.05, 0) is 38.5 Å². The molecule has 1 aliphatic heterocycles. The highest BCUT2D eigenvalue weighted by Crippen LogP contribution is 2.38. The summed E-state index contributed by atoms with van der Waals surface area (Å²) in [6.45, 7) is 4.60. The van der Waals surface area contributed by atoms with E-state index in [2.05, 4.69) is 5.32 Å². The van der Waals surface area contributed by atoms with Gasteiger partial charge in [0.15, 0.2) is 0 Å². The monoisotopic (exact) mass is 398 g/mol. The van der Waals surface area contributed by atoms with E-state index < -0.39 is 12.6 Å². The second-order valence-electron chi connectivity index (χ2n) is 7.17. The first-order valence-electron chi connectivity index (χ1n) is 9.29. The van der Waals surface area contributed by atoms with Crippen molar-refractivity contribution >= 4 is 23.4 Å². The van der Waals surface area contributed by atoms with Crippen LogP contribution >= 0.6 is 0 Å². The van der Waals surface area contributed by atoms with Crippen LogP contribution in [-0.2, 0) is 9.53 Å². The molecule has 1 heterocycles. The van der Waals surface area contributed by atoms with Crippen molar-refractivity contribution in [3.8, 4) is 0 Å². The highest BCUT2D eigenvalue weighted by Gasteiger charge is 2.35. The molecule has 0 fully saturated rings. The lowest BCUT2D eigenvalue weighted by Gasteiger charge is -2.40. The summed E-state index contributed by atoms with van der Waals surface area (Å²) in [5.74, 6) is -0.513. The molecule has 1 aromatic carbocycles. The van der Waals surface area contributed by atoms with Crippen LogP contribution in [0.5, 0.6) is 0 Å². The minimum Gasteiger partial charge on any atom is -0.446 e. The summed E-state index contributed by atoms with van der Waals surface area (Å²) in [4.78, 5) is 27.9. The van der Waals surface area contributed by atoms with Gasteiger partial charge in [0.2, 0.25) is 5.91 Å². The lowest BCUT2D eigenvalue weighted by molar-refractivity contribution is -0.117. The molecule has 0 bridgehead atoms. The lowest BCUT2D eigenvalue weighted by Crippen LogP contribution is -2.51. The number of anilines is 2. The van der Waals surface area contributed by atoms with Crippen molar-refractivity contribution in [2.45, 2.75) is 52.3 Å². The maximum Gasteiger partial charge on any atom is 0.414 e. The highest BCUT2D eigenvalue weighted by atomic mass is 19.3. The van der Waals surface area contributed by atoms with E-state index in [0.717, 1.165) is 0 Å². The predicted molar refractivity (Wildman–Crippen MR) is 104 cm³/mol. The van der Waals surface area contributed by atoms with Crippen LogP contribution in [0.2, 0.25) is 0 Å². The molecule has 2 rings (SSSR count). The van der Waals surface area contributed by atoms with E-state index in [1.54, 1.807) is 36.9 Å². The number of nitrogens with zero attached hydrogens (tertiary/aromatic N) is 2. The van der Waals surface area contributed by atoms with Crippen LogP contribution in [-0.4, -0.2) is 50.3 Å². The third kappa shape index (κ3) is 4.96. The molecule has 0 saturated carbocycles. The molecule has 1 aliphatic rings. The summed E-state index contributed by atoms with van der Waals surface area (Å²) in [7, 11) is 0. The van der Waals surface area contributed by atoms with Crippen molar-refractivity contribution in [2.24, 2.45) is 5.73 Å². The summed E-state index contributed by atoms with van der Waals surface area (Å²) in [6.07, 6.45) is -0.814. The Morgan fingerprint density at radius 1 is 1.32 bits per heavy atom. The van der Waals surface area contributed by atoms with E-state index in [-0.39, 0.29) is 43.6 Å². The molecule has 2 atom stereocenters. The largest absolute Gasteiger partial charge is 0.446 e. The van der Waals surface area contributed by atoms with Gasteiger partial charge in [-0.25, -0.2) is 4.79 Å². The summed E-state index contributed by atoms with van der Waals surface area (Å²) < 4.78 is 30.4. The summed E-state index contributed by atoms with van der Waals surface area (Å²) in [5, 5.41) is 2.09. The zero-order valence-corrected chi connectivity index (χ0v) is 16.6. The van der Waals surface area contributed by atoms with Gasteiger partial charge in [-0.15, -0.1) is 0 Å². The minimum absolute atomic E-state index is 0.00375. The zero-order chi connectivity index (χ0) is 21.0. The van der Waals surface area contributed by atoms with E-state index in [4.69, 9.17) is 10.5 Å². The quantitative estimate of drug-likeness (QED) is 0.720. The molecule has 0 aromatic heterocycles. The van der Waals surface area contributed by atoms with Crippen molar-refractivity contribution in [1.29, 1.82) is 0 Å². The van der Waals surface area contributed by atoms with E-state index >= 15 is 0 Å². The van der Waals surface area contributed by atoms with Crippen LogP contribution in [0, 0.1) is 0 Å². The number of alkyl halides is 2. The number of carbonyl (C=O) groups is 2. The molecule has 1 aromatic rings. The Bertz CT molecular complexity index is 714. The standard InChI is InChI=1S/C19H28F2N4O3/c1-11(2)28-19(27)24-10-12(3)25(13(4)26)16-6-5-14(7-17(16)24)15(8-22)9-23-18(20)21/h5-7,11-12,15,18,23H,8-10,22H2,1-4H3/t12-,15?/m0/s1. The van der Waals surface area contributed by atoms with Crippen LogP contribution in [0.3, 0.4) is 0 Å². The van der Waals surface area contributed by atoms with Crippen molar-refractivity contribution < 1.29 is 23.1 Å². The molecule has 0 aliphatic carbocycles. The van der Waals surface area contributed by atoms with Gasteiger partial charge in [-0.3, -0.25) is 15.0 Å². The molecule has 0 radical (unpaired) electrons. The van der Waals surface area contributed by atoms with E-state index in [0.29, 0.717) is 16.9 Å². The van der Waals surface area contributed by atoms with Crippen molar-refractivity contribution in [1.82, 2.24) is 5.32 Å². The van der Waals surface area contributed by atoms with Gasteiger partial charge >= 0.3 is 6.09 Å². The fourth-order valence-electron chi connectivity index (χ4n) is 3.38. The Morgan fingerprint density at radius 3 is 2.54 bits per heavy atom. The molecule has 28 heavy (non-hydrogen) atoms. The fraction of sp³-hybridized carbons (Fsp3) is 0.579. The van der Waals surface area contributed by atoms with E-state index in [1.165, 1.54) is 11.8 Å². The van der Waals surface area contributed by atoms with Gasteiger partial charge in [-0.1, -0.05) is 6.07 Å². The molecule has 3 N–H and O–H groups in total. The Morgan fingerprint density at radius 2 is 2.00 bits per heavy atom. The van der Waals surface area contributed by atoms with Gasteiger partial charge < -0.3 is 15.4 Å². The first kappa shape index (κ1) is 22.0. The third-order valence-electron chi connectivity index (χ3n) is 4.61. The Balaban J connectivity index is 2.46. The van der Waals surface area contributed by atoms with Gasteiger partial charge in [0, 0.05) is 32.5 Å². The number of ether oxygens (including phenoxy) is 1. The maximum absolute atomic E-state index is 12.6. The van der Waals surface area contributed by atoms with Gasteiger partial charge in [0.25, 0.3) is 6.55 Å². The van der Waals surface area contributed by atoms with Crippen LogP contribution in [0.15, 0.2) is 18.2 Å². The maximum atomic E-state index is 12.6. The number of fused-ring (bicyclic) bond motifs is 1. The molecule has 0 spiro atoms. The van der Waals surface area contributed by atoms with Crippen molar-refractivity contribution in [3.63, 3.8) is 0 Å². The predicted octanol–water partition coefficient (Wildman–Crippen LogP) is 2.65. The normalized spacial score (nSPS) is 17.7. The fourth-order valence-corrected chi connectivity index (χ4v) is 3.38. The molecule has 156 valence electrons. The molecule has 9 heteroatoms. The third-order valence-corrected chi connectivity index (χ3v) is 4.61. The molecular formula is C19H28F2N4O3. The summed E-state index contributed by atoms with van der Waals surface area (Å²) >= 11 is 0. The average Bonchev–Trinajstić information content (AvgIpc) is 2.60. The van der Waals surface area contributed by atoms with Gasteiger partial charge in [0.05, 0.1) is 23.5 Å². The first-order valence-corrected chi connectivity index (χ1v) is 9.29. The van der Waals surface area contributed by atoms with Crippen LogP contribution < -0.4 is 20.9 Å². The number of amides is 2. The van der Waals surface area contributed by atoms with Gasteiger partial charge in [-0.2, -0.15) is 8.78 Å². The second-order valence-corrected chi connectivity index (χ2v) is 7.17. The lowest BCUT2D eigenvalue weighted by atomic mass is 9.96. The van der Waals surface area contributed by atoms with Crippen LogP contribution in [0.25, 0.3) is 0 Å². The van der Waals surface area contributed by atoms with E-state index in [9.17, 15) is 18.4 Å². The molecule has 2 amide bonds. The number of carbonyl (C=O) groups excluding carboxylic acids is 2. The zero-order valence-electron chi connectivity index (χ0n) is 16.6. The molecule has 1 unspecified atom stereocenters. The second kappa shape index (κ2) is 9.29. The summed E-state index contributed by atoms with van der Waals surface area (Å²) in [5.41, 5.74) is 7.56. The van der Waals surface area contributed by atoms with E-state index in [1.807, 2.05) is 6.92 Å². The molecule has 0 saturated heterocycles. The van der Waals surface area contributed by atoms with Gasteiger partial charge in [0.1, 0.15) is 0 Å². The number of hydrogen-bond acceptors (Lipinski definition) is 5. The Hall–Kier alpha value is -2.26. The van der Waals surface area contributed by atoms with Crippen LogP contribution in [0.4, 0.5) is 25.0 Å². The smallest absolute Gasteiger partial charge is 0.414 e. The minimum atomic E-state index is -2.64. The topological polar surface area (TPSA) is 87.9 Å². The van der Waals surface area contributed by atoms with Crippen molar-refractivity contribution in [2.75, 3.05) is 29.4 Å². The van der Waals surface area contributed by atoms with Crippen LogP contribution in [0.1, 0.15) is 39.2 Å². The number of halogens is 2. The number of nitrogens with one attached hydrogen (secondary N) is 1. The molecule has 7 nitrogen and oxygen atoms in total. The average molecular weight is 398 g/mol. The number of hydrogen-bond donors (Lipinski definition) is 2. The number of benzene rings is 1.